The largest absolute Gasteiger partial charge is 0.490 e. The Balaban J connectivity index is 1.51. The average Bonchev–Trinajstić information content (AvgIpc) is 3.51. The van der Waals surface area contributed by atoms with Crippen molar-refractivity contribution in [2.75, 3.05) is 20.3 Å². The number of hydrogen-bond acceptors (Lipinski definition) is 5. The van der Waals surface area contributed by atoms with Gasteiger partial charge in [0.25, 0.3) is 0 Å². The smallest absolute Gasteiger partial charge is 0.169 e. The molecule has 1 aliphatic rings. The third-order valence-corrected chi connectivity index (χ3v) is 5.34. The molecule has 6 nitrogen and oxygen atoms in total. The standard InChI is InChI=1S/C24H28N4O2/c1-27(20-9-5-6-10-20)26-24(28-16-15-25-19-28)22-13-7-8-14-23(22)30-18-17-29-21-11-3-2-4-12-21/h2-4,7-8,11-16,19-20H,5-6,9-10,17-18H2,1H3. The topological polar surface area (TPSA) is 51.9 Å². The van der Waals surface area contributed by atoms with Crippen LogP contribution in [0.1, 0.15) is 31.2 Å². The van der Waals surface area contributed by atoms with Gasteiger partial charge in [0.1, 0.15) is 31.0 Å². The summed E-state index contributed by atoms with van der Waals surface area (Å²) in [5.41, 5.74) is 0.931. The number of hydrazone groups is 1. The van der Waals surface area contributed by atoms with Crippen LogP contribution < -0.4 is 9.47 Å². The number of imidazole rings is 1. The van der Waals surface area contributed by atoms with E-state index in [-0.39, 0.29) is 0 Å². The number of para-hydroxylation sites is 2. The summed E-state index contributed by atoms with van der Waals surface area (Å²) in [6.07, 6.45) is 10.4. The lowest BCUT2D eigenvalue weighted by atomic mass is 10.2. The van der Waals surface area contributed by atoms with Gasteiger partial charge in [-0.15, -0.1) is 0 Å². The summed E-state index contributed by atoms with van der Waals surface area (Å²) in [5.74, 6) is 2.43. The predicted octanol–water partition coefficient (Wildman–Crippen LogP) is 4.43. The molecule has 0 unspecified atom stereocenters. The Morgan fingerprint density at radius 2 is 1.77 bits per heavy atom. The minimum absolute atomic E-state index is 0.446. The summed E-state index contributed by atoms with van der Waals surface area (Å²) in [4.78, 5) is 4.21. The van der Waals surface area contributed by atoms with Gasteiger partial charge in [0.05, 0.1) is 5.56 Å². The van der Waals surface area contributed by atoms with E-state index in [4.69, 9.17) is 14.6 Å². The average molecular weight is 405 g/mol. The Bertz CT molecular complexity index is 935. The van der Waals surface area contributed by atoms with E-state index in [9.17, 15) is 0 Å². The highest BCUT2D eigenvalue weighted by atomic mass is 16.5. The molecule has 1 fully saturated rings. The fourth-order valence-electron chi connectivity index (χ4n) is 3.74. The van der Waals surface area contributed by atoms with Gasteiger partial charge >= 0.3 is 0 Å². The molecule has 0 N–H and O–H groups in total. The van der Waals surface area contributed by atoms with Crippen LogP contribution in [0.15, 0.2) is 78.4 Å². The van der Waals surface area contributed by atoms with E-state index in [0.717, 1.165) is 22.9 Å². The van der Waals surface area contributed by atoms with E-state index in [2.05, 4.69) is 17.0 Å². The van der Waals surface area contributed by atoms with Crippen molar-refractivity contribution >= 4 is 5.84 Å². The number of aromatic nitrogens is 2. The van der Waals surface area contributed by atoms with Gasteiger partial charge < -0.3 is 9.47 Å². The maximum Gasteiger partial charge on any atom is 0.169 e. The summed E-state index contributed by atoms with van der Waals surface area (Å²) < 4.78 is 13.8. The zero-order chi connectivity index (χ0) is 20.6. The van der Waals surface area contributed by atoms with Crippen molar-refractivity contribution in [1.29, 1.82) is 0 Å². The highest BCUT2D eigenvalue weighted by Gasteiger charge is 2.21. The Hall–Kier alpha value is -3.28. The van der Waals surface area contributed by atoms with Gasteiger partial charge in [0.2, 0.25) is 0 Å². The maximum absolute atomic E-state index is 6.09. The van der Waals surface area contributed by atoms with Crippen LogP contribution in [-0.4, -0.2) is 46.7 Å². The van der Waals surface area contributed by atoms with E-state index < -0.39 is 0 Å². The number of benzene rings is 2. The predicted molar refractivity (Wildman–Crippen MR) is 118 cm³/mol. The second-order valence-electron chi connectivity index (χ2n) is 7.41. The van der Waals surface area contributed by atoms with E-state index in [1.807, 2.05) is 65.4 Å². The summed E-state index contributed by atoms with van der Waals surface area (Å²) in [6.45, 7) is 0.916. The Labute approximate surface area is 177 Å². The van der Waals surface area contributed by atoms with Gasteiger partial charge in [0, 0.05) is 25.5 Å². The first-order chi connectivity index (χ1) is 14.8. The fourth-order valence-corrected chi connectivity index (χ4v) is 3.74. The van der Waals surface area contributed by atoms with Crippen molar-refractivity contribution in [1.82, 2.24) is 14.6 Å². The van der Waals surface area contributed by atoms with Gasteiger partial charge in [-0.3, -0.25) is 9.58 Å². The SMILES string of the molecule is CN(N=C(c1ccccc1OCCOc1ccccc1)n1ccnc1)C1CCCC1. The molecule has 0 amide bonds. The van der Waals surface area contributed by atoms with E-state index in [0.29, 0.717) is 19.3 Å². The van der Waals surface area contributed by atoms with E-state index in [1.165, 1.54) is 25.7 Å². The van der Waals surface area contributed by atoms with Crippen molar-refractivity contribution in [2.45, 2.75) is 31.7 Å². The molecular weight excluding hydrogens is 376 g/mol. The molecule has 0 atom stereocenters. The van der Waals surface area contributed by atoms with Crippen LogP contribution in [-0.2, 0) is 0 Å². The number of ether oxygens (including phenoxy) is 2. The number of nitrogens with zero attached hydrogens (tertiary/aromatic N) is 4. The molecule has 0 radical (unpaired) electrons. The molecule has 3 aromatic rings. The summed E-state index contributed by atoms with van der Waals surface area (Å²) in [7, 11) is 2.06. The highest BCUT2D eigenvalue weighted by molar-refractivity contribution is 6.02. The summed E-state index contributed by atoms with van der Waals surface area (Å²) in [6, 6.07) is 18.2. The molecule has 2 aromatic carbocycles. The molecule has 0 aliphatic heterocycles. The summed E-state index contributed by atoms with van der Waals surface area (Å²) in [5, 5.41) is 7.06. The first-order valence-electron chi connectivity index (χ1n) is 10.5. The zero-order valence-electron chi connectivity index (χ0n) is 17.4. The second kappa shape index (κ2) is 9.96. The minimum Gasteiger partial charge on any atom is -0.490 e. The van der Waals surface area contributed by atoms with Crippen LogP contribution in [0.2, 0.25) is 0 Å². The molecule has 0 spiro atoms. The molecule has 156 valence electrons. The van der Waals surface area contributed by atoms with Gasteiger partial charge in [-0.2, -0.15) is 5.10 Å². The molecule has 4 rings (SSSR count). The first-order valence-corrected chi connectivity index (χ1v) is 10.5. The molecule has 1 saturated carbocycles. The lowest BCUT2D eigenvalue weighted by molar-refractivity contribution is 0.216. The monoisotopic (exact) mass is 404 g/mol. The maximum atomic E-state index is 6.09. The van der Waals surface area contributed by atoms with Crippen LogP contribution >= 0.6 is 0 Å². The van der Waals surface area contributed by atoms with Crippen molar-refractivity contribution in [2.24, 2.45) is 5.10 Å². The van der Waals surface area contributed by atoms with Crippen molar-refractivity contribution < 1.29 is 9.47 Å². The van der Waals surface area contributed by atoms with E-state index >= 15 is 0 Å². The van der Waals surface area contributed by atoms with Gasteiger partial charge in [-0.05, 0) is 37.1 Å². The van der Waals surface area contributed by atoms with Gasteiger partial charge in [-0.25, -0.2) is 4.98 Å². The Morgan fingerprint density at radius 3 is 2.53 bits per heavy atom. The van der Waals surface area contributed by atoms with Crippen LogP contribution in [0.5, 0.6) is 11.5 Å². The molecule has 1 aliphatic carbocycles. The Kier molecular flexibility index (Phi) is 6.65. The Morgan fingerprint density at radius 1 is 1.03 bits per heavy atom. The molecular formula is C24H28N4O2. The molecule has 0 bridgehead atoms. The minimum atomic E-state index is 0.446. The fraction of sp³-hybridized carbons (Fsp3) is 0.333. The molecule has 6 heteroatoms. The van der Waals surface area contributed by atoms with Crippen LogP contribution in [0.25, 0.3) is 0 Å². The van der Waals surface area contributed by atoms with Crippen LogP contribution in [0.4, 0.5) is 0 Å². The number of rotatable bonds is 8. The summed E-state index contributed by atoms with van der Waals surface area (Å²) >= 11 is 0. The highest BCUT2D eigenvalue weighted by Crippen LogP contribution is 2.25. The van der Waals surface area contributed by atoms with Crippen molar-refractivity contribution in [3.8, 4) is 11.5 Å². The first kappa shape index (κ1) is 20.0. The quantitative estimate of drug-likeness (QED) is 0.241. The van der Waals surface area contributed by atoms with Crippen LogP contribution in [0.3, 0.4) is 0 Å². The van der Waals surface area contributed by atoms with Gasteiger partial charge in [0.15, 0.2) is 5.84 Å². The molecule has 30 heavy (non-hydrogen) atoms. The third-order valence-electron chi connectivity index (χ3n) is 5.34. The lowest BCUT2D eigenvalue weighted by Crippen LogP contribution is -2.27. The molecule has 0 saturated heterocycles. The zero-order valence-corrected chi connectivity index (χ0v) is 17.4. The molecule has 1 aromatic heterocycles. The third kappa shape index (κ3) is 5.00. The van der Waals surface area contributed by atoms with Crippen LogP contribution in [0, 0.1) is 0 Å². The molecule has 1 heterocycles. The van der Waals surface area contributed by atoms with Crippen molar-refractivity contribution in [3.05, 3.63) is 78.9 Å². The van der Waals surface area contributed by atoms with Crippen molar-refractivity contribution in [3.63, 3.8) is 0 Å². The normalized spacial score (nSPS) is 14.6. The number of hydrogen-bond donors (Lipinski definition) is 0. The second-order valence-corrected chi connectivity index (χ2v) is 7.41. The lowest BCUT2D eigenvalue weighted by Gasteiger charge is -2.23. The van der Waals surface area contributed by atoms with Gasteiger partial charge in [-0.1, -0.05) is 43.2 Å². The van der Waals surface area contributed by atoms with E-state index in [1.54, 1.807) is 12.5 Å².